The van der Waals surface area contributed by atoms with E-state index in [-0.39, 0.29) is 113 Å². The van der Waals surface area contributed by atoms with Gasteiger partial charge in [-0.1, -0.05) is 254 Å². The minimum absolute atomic E-state index is 0.0206. The topological polar surface area (TPSA) is 213 Å². The van der Waals surface area contributed by atoms with Gasteiger partial charge in [0.2, 0.25) is 11.5 Å². The van der Waals surface area contributed by atoms with Gasteiger partial charge in [-0.25, -0.2) is 28.8 Å². The summed E-state index contributed by atoms with van der Waals surface area (Å²) in [6.45, 7) is 24.5. The molecular formula is C108H132O18. The lowest BCUT2D eigenvalue weighted by Crippen LogP contribution is -2.21. The number of unbranched alkanes of at least 4 members (excludes halogenated alkanes) is 18. The van der Waals surface area contributed by atoms with Crippen LogP contribution in [-0.2, 0) is 0 Å². The Balaban J connectivity index is 1.37. The van der Waals surface area contributed by atoms with Crippen LogP contribution in [0.2, 0.25) is 0 Å². The summed E-state index contributed by atoms with van der Waals surface area (Å²) in [6.07, 6.45) is 25.1. The molecule has 10 aromatic carbocycles. The Morgan fingerprint density at radius 1 is 0.198 bits per heavy atom. The standard InChI is InChI=1S/C108H132O18/c1-13-19-25-31-51-73(7)115-88-65-45-39-59-82(88)103(109)121-94-72-71-81-79-57-37-38-58-80(79)96-97(95(81)98(94)122-104(110)83-60-40-46-66-89(83)116-74(8)52-32-26-20-14-2)100(124-106(112)85-62-42-48-68-91(85)118-76(10)54-34-28-22-16-4)102(126-108(114)87-64-44-50-70-93(87)120-78(12)56-36-30-24-18-6)101(125-107(113)86-63-43-49-69-92(86)119-77(11)55-35-29-23-17-5)99(96)123-105(111)84-61-41-47-67-90(84)117-75(9)53-33-27-21-15-3/h37-50,57-78H,13-36,51-56H2,1-12H3. The normalized spacial score (nSPS) is 12.8. The number of carbonyl (C=O) groups is 6. The van der Waals surface area contributed by atoms with Crippen LogP contribution in [0.4, 0.5) is 0 Å². The monoisotopic (exact) mass is 1720 g/mol. The number of hydrogen-bond acceptors (Lipinski definition) is 18. The lowest BCUT2D eigenvalue weighted by atomic mass is 9.91. The Bertz CT molecular complexity index is 5180. The molecule has 0 amide bonds. The number of ether oxygens (including phenoxy) is 12. The molecule has 0 aliphatic heterocycles. The van der Waals surface area contributed by atoms with Crippen LogP contribution in [0.3, 0.4) is 0 Å². The first-order valence-corrected chi connectivity index (χ1v) is 46.7. The molecule has 0 aromatic heterocycles. The highest BCUT2D eigenvalue weighted by Crippen LogP contribution is 2.59. The van der Waals surface area contributed by atoms with Crippen molar-refractivity contribution in [2.45, 2.75) is 312 Å². The lowest BCUT2D eigenvalue weighted by molar-refractivity contribution is 0.0633. The van der Waals surface area contributed by atoms with Gasteiger partial charge in [-0.15, -0.1) is 0 Å². The zero-order valence-corrected chi connectivity index (χ0v) is 76.3. The van der Waals surface area contributed by atoms with E-state index < -0.39 is 89.0 Å². The van der Waals surface area contributed by atoms with Crippen molar-refractivity contribution in [3.8, 4) is 69.0 Å². The van der Waals surface area contributed by atoms with E-state index in [0.29, 0.717) is 43.9 Å². The number of hydrogen-bond donors (Lipinski definition) is 0. The third kappa shape index (κ3) is 27.3. The SMILES string of the molecule is CCCCCCC(C)Oc1ccccc1C(=O)Oc1ccc2c3ccccc3c3c(OC(=O)c4ccccc4OC(C)CCCCCC)c(OC(=O)c4ccccc4OC(C)CCCCCC)c(OC(=O)c4ccccc4OC(C)CCCCCC)c(OC(=O)c4ccccc4OC(C)CCCCCC)c3c2c1OC(=O)c1ccccc1OC(C)CCCCCC. The Morgan fingerprint density at radius 3 is 0.675 bits per heavy atom. The molecule has 0 fully saturated rings. The molecule has 10 rings (SSSR count). The Morgan fingerprint density at radius 2 is 0.405 bits per heavy atom. The average molecular weight is 1720 g/mol. The first kappa shape index (κ1) is 96.8. The molecule has 0 spiro atoms. The smallest absolute Gasteiger partial charge is 0.347 e. The van der Waals surface area contributed by atoms with Crippen LogP contribution in [-0.4, -0.2) is 72.4 Å². The predicted molar refractivity (Wildman–Crippen MR) is 500 cm³/mol. The molecule has 0 radical (unpaired) electrons. The molecule has 0 saturated heterocycles. The lowest BCUT2D eigenvalue weighted by Gasteiger charge is -2.25. The van der Waals surface area contributed by atoms with Crippen molar-refractivity contribution >= 4 is 68.1 Å². The summed E-state index contributed by atoms with van der Waals surface area (Å²) < 4.78 is 82.4. The fourth-order valence-corrected chi connectivity index (χ4v) is 15.8. The number of para-hydroxylation sites is 6. The van der Waals surface area contributed by atoms with E-state index in [1.165, 1.54) is 24.3 Å². The molecule has 0 N–H and O–H groups in total. The van der Waals surface area contributed by atoms with Gasteiger partial charge in [0.25, 0.3) is 0 Å². The summed E-state index contributed by atoms with van der Waals surface area (Å²) in [5, 5.41) is 0.377. The number of carbonyl (C=O) groups excluding carboxylic acids is 6. The van der Waals surface area contributed by atoms with Gasteiger partial charge in [0, 0.05) is 16.2 Å². The van der Waals surface area contributed by atoms with Gasteiger partial charge in [-0.3, -0.25) is 0 Å². The summed E-state index contributed by atoms with van der Waals surface area (Å²) in [5.41, 5.74) is -0.341. The van der Waals surface area contributed by atoms with Crippen LogP contribution in [0.25, 0.3) is 32.3 Å². The maximum atomic E-state index is 16.6. The summed E-state index contributed by atoms with van der Waals surface area (Å²) in [6, 6.07) is 49.9. The molecular weight excluding hydrogens is 1590 g/mol. The van der Waals surface area contributed by atoms with Crippen LogP contribution >= 0.6 is 0 Å². The van der Waals surface area contributed by atoms with Gasteiger partial charge in [0.1, 0.15) is 67.9 Å². The maximum Gasteiger partial charge on any atom is 0.347 e. The van der Waals surface area contributed by atoms with Crippen LogP contribution in [0, 0.1) is 0 Å². The summed E-state index contributed by atoms with van der Waals surface area (Å²) >= 11 is 0. The van der Waals surface area contributed by atoms with Crippen molar-refractivity contribution in [1.82, 2.24) is 0 Å². The molecule has 0 bridgehead atoms. The van der Waals surface area contributed by atoms with Crippen molar-refractivity contribution in [2.75, 3.05) is 0 Å². The van der Waals surface area contributed by atoms with Crippen LogP contribution in [0.5, 0.6) is 69.0 Å². The molecule has 0 aliphatic rings. The zero-order chi connectivity index (χ0) is 89.7. The van der Waals surface area contributed by atoms with Crippen molar-refractivity contribution in [1.29, 1.82) is 0 Å². The van der Waals surface area contributed by atoms with Gasteiger partial charge >= 0.3 is 35.8 Å². The van der Waals surface area contributed by atoms with Crippen molar-refractivity contribution in [3.05, 3.63) is 215 Å². The number of esters is 6. The van der Waals surface area contributed by atoms with Gasteiger partial charge in [-0.2, -0.15) is 0 Å². The van der Waals surface area contributed by atoms with E-state index >= 15 is 28.8 Å². The van der Waals surface area contributed by atoms with E-state index in [0.717, 1.165) is 154 Å². The molecule has 0 aliphatic carbocycles. The first-order chi connectivity index (χ1) is 61.3. The minimum atomic E-state index is -1.12. The average Bonchev–Trinajstić information content (AvgIpc) is 0.701. The number of benzene rings is 10. The van der Waals surface area contributed by atoms with Gasteiger partial charge in [0.05, 0.1) is 36.6 Å². The molecule has 126 heavy (non-hydrogen) atoms. The summed E-state index contributed by atoms with van der Waals surface area (Å²) in [5.74, 6) is -8.83. The maximum absolute atomic E-state index is 16.6. The zero-order valence-electron chi connectivity index (χ0n) is 76.3. The number of rotatable bonds is 54. The van der Waals surface area contributed by atoms with Gasteiger partial charge in [-0.05, 0) is 220 Å². The van der Waals surface area contributed by atoms with Crippen LogP contribution < -0.4 is 56.8 Å². The predicted octanol–water partition coefficient (Wildman–Crippen LogP) is 28.9. The first-order valence-electron chi connectivity index (χ1n) is 46.7. The minimum Gasteiger partial charge on any atom is -0.490 e. The fraction of sp³-hybridized carbons (Fsp3) is 0.444. The second-order valence-electron chi connectivity index (χ2n) is 33.4. The van der Waals surface area contributed by atoms with E-state index in [1.54, 1.807) is 158 Å². The molecule has 6 atom stereocenters. The molecule has 0 heterocycles. The fourth-order valence-electron chi connectivity index (χ4n) is 15.8. The number of fused-ring (bicyclic) bond motifs is 6. The van der Waals surface area contributed by atoms with Gasteiger partial charge < -0.3 is 56.8 Å². The second-order valence-corrected chi connectivity index (χ2v) is 33.4. The van der Waals surface area contributed by atoms with Crippen LogP contribution in [0.1, 0.15) is 338 Å². The Labute approximate surface area is 746 Å². The Kier molecular flexibility index (Phi) is 38.9. The van der Waals surface area contributed by atoms with Crippen molar-refractivity contribution in [3.63, 3.8) is 0 Å². The van der Waals surface area contributed by atoms with E-state index in [2.05, 4.69) is 41.5 Å². The molecule has 18 heteroatoms. The third-order valence-electron chi connectivity index (χ3n) is 22.8. The van der Waals surface area contributed by atoms with Crippen molar-refractivity contribution < 1.29 is 85.6 Å². The highest BCUT2D eigenvalue weighted by atomic mass is 16.6. The Hall–Kier alpha value is -11.4. The molecule has 6 unspecified atom stereocenters. The largest absolute Gasteiger partial charge is 0.490 e. The highest BCUT2D eigenvalue weighted by Gasteiger charge is 2.39. The molecule has 672 valence electrons. The molecule has 10 aromatic rings. The van der Waals surface area contributed by atoms with Gasteiger partial charge in [0.15, 0.2) is 23.0 Å². The summed E-state index contributed by atoms with van der Waals surface area (Å²) in [4.78, 5) is 98.0. The van der Waals surface area contributed by atoms with E-state index in [1.807, 2.05) is 41.5 Å². The second kappa shape index (κ2) is 50.7. The van der Waals surface area contributed by atoms with E-state index in [4.69, 9.17) is 56.8 Å². The summed E-state index contributed by atoms with van der Waals surface area (Å²) in [7, 11) is 0. The van der Waals surface area contributed by atoms with Crippen molar-refractivity contribution in [2.24, 2.45) is 0 Å². The molecule has 0 saturated carbocycles. The van der Waals surface area contributed by atoms with E-state index in [9.17, 15) is 0 Å². The quantitative estimate of drug-likeness (QED) is 0.0150. The third-order valence-corrected chi connectivity index (χ3v) is 22.8. The van der Waals surface area contributed by atoms with Crippen LogP contribution in [0.15, 0.2) is 182 Å². The molecule has 18 nitrogen and oxygen atoms in total. The highest BCUT2D eigenvalue weighted by molar-refractivity contribution is 6.32.